The van der Waals surface area contributed by atoms with E-state index in [2.05, 4.69) is 25.7 Å². The molecule has 0 aromatic heterocycles. The van der Waals surface area contributed by atoms with Gasteiger partial charge in [0.05, 0.1) is 17.8 Å². The number of nitrogens with zero attached hydrogens (tertiary/aromatic N) is 1. The highest BCUT2D eigenvalue weighted by molar-refractivity contribution is 5.14. The van der Waals surface area contributed by atoms with Crippen molar-refractivity contribution in [2.24, 2.45) is 52.8 Å². The van der Waals surface area contributed by atoms with Crippen LogP contribution in [-0.2, 0) is 0 Å². The molecular weight excluding hydrogens is 386 g/mol. The third kappa shape index (κ3) is 3.00. The van der Waals surface area contributed by atoms with Crippen molar-refractivity contribution in [3.8, 4) is 0 Å². The van der Waals surface area contributed by atoms with Crippen LogP contribution >= 0.6 is 0 Å². The van der Waals surface area contributed by atoms with Gasteiger partial charge in [-0.15, -0.1) is 0 Å². The standard InChI is InChI=1S/C27H45NO3/c1-15-4-7-25-27(3,31)21-6-5-17-18(20(21)14-28(25)13-15)11-22-19(17)12-24(30)23-10-16(29)8-9-26(22,23)2/h15-25,29-31H,4-14H2,1-3H3/t15?,16?,17-,18-,19?,20?,21+,22+,23-,24?,25+,26?,27+/m1/s1. The van der Waals surface area contributed by atoms with E-state index in [1.54, 1.807) is 0 Å². The van der Waals surface area contributed by atoms with Crippen LogP contribution in [0, 0.1) is 52.8 Å². The van der Waals surface area contributed by atoms with Gasteiger partial charge in [-0.25, -0.2) is 0 Å². The van der Waals surface area contributed by atoms with E-state index in [0.29, 0.717) is 35.6 Å². The molecule has 4 nitrogen and oxygen atoms in total. The van der Waals surface area contributed by atoms with E-state index in [0.717, 1.165) is 50.5 Å². The molecule has 0 spiro atoms. The predicted octanol–water partition coefficient (Wildman–Crippen LogP) is 3.68. The Kier molecular flexibility index (Phi) is 4.94. The molecule has 6 fully saturated rings. The van der Waals surface area contributed by atoms with Gasteiger partial charge >= 0.3 is 0 Å². The molecule has 4 heteroatoms. The minimum Gasteiger partial charge on any atom is -0.393 e. The molecule has 6 aliphatic rings. The summed E-state index contributed by atoms with van der Waals surface area (Å²) in [6.07, 6.45) is 9.43. The SMILES string of the molecule is CC1CC[C@@H]2N(C1)CC1[C@@H]3C[C@H]4C(CC(O)[C@H]5CC(O)CCC54C)[C@@H]3CC[C@@H]1[C@]2(C)O. The van der Waals surface area contributed by atoms with E-state index < -0.39 is 5.60 Å². The first-order chi connectivity index (χ1) is 14.7. The molecule has 0 aromatic carbocycles. The lowest BCUT2D eigenvalue weighted by Crippen LogP contribution is -2.67. The Morgan fingerprint density at radius 2 is 1.55 bits per heavy atom. The Morgan fingerprint density at radius 1 is 0.742 bits per heavy atom. The zero-order valence-corrected chi connectivity index (χ0v) is 19.9. The molecule has 6 unspecified atom stereocenters. The molecular formula is C27H45NO3. The first-order valence-corrected chi connectivity index (χ1v) is 13.5. The molecule has 3 N–H and O–H groups in total. The second kappa shape index (κ2) is 7.17. The van der Waals surface area contributed by atoms with Gasteiger partial charge in [0.25, 0.3) is 0 Å². The smallest absolute Gasteiger partial charge is 0.0805 e. The third-order valence-electron chi connectivity index (χ3n) is 12.0. The fraction of sp³-hybridized carbons (Fsp3) is 1.00. The third-order valence-corrected chi connectivity index (χ3v) is 12.0. The highest BCUT2D eigenvalue weighted by Gasteiger charge is 2.64. The molecule has 0 aromatic rings. The van der Waals surface area contributed by atoms with Gasteiger partial charge in [-0.1, -0.05) is 13.8 Å². The second-order valence-corrected chi connectivity index (χ2v) is 13.4. The van der Waals surface area contributed by atoms with Crippen LogP contribution in [0.5, 0.6) is 0 Å². The fourth-order valence-electron chi connectivity index (χ4n) is 10.6. The van der Waals surface area contributed by atoms with Crippen molar-refractivity contribution < 1.29 is 15.3 Å². The maximum atomic E-state index is 11.8. The average Bonchev–Trinajstić information content (AvgIpc) is 3.09. The van der Waals surface area contributed by atoms with E-state index in [1.807, 2.05) is 0 Å². The van der Waals surface area contributed by atoms with E-state index in [4.69, 9.17) is 0 Å². The van der Waals surface area contributed by atoms with Gasteiger partial charge in [-0.2, -0.15) is 0 Å². The number of fused-ring (bicyclic) bond motifs is 8. The molecule has 13 atom stereocenters. The lowest BCUT2D eigenvalue weighted by Gasteiger charge is -2.60. The Balaban J connectivity index is 1.30. The summed E-state index contributed by atoms with van der Waals surface area (Å²) in [6.45, 7) is 9.36. The first kappa shape index (κ1) is 21.4. The summed E-state index contributed by atoms with van der Waals surface area (Å²) in [6, 6.07) is 0.355. The van der Waals surface area contributed by atoms with Crippen LogP contribution in [-0.4, -0.2) is 57.2 Å². The minimum atomic E-state index is -0.553. The van der Waals surface area contributed by atoms with E-state index >= 15 is 0 Å². The van der Waals surface area contributed by atoms with Crippen molar-refractivity contribution in [2.75, 3.05) is 13.1 Å². The Bertz CT molecular complexity index is 711. The van der Waals surface area contributed by atoms with Crippen LogP contribution in [0.25, 0.3) is 0 Å². The number of rotatable bonds is 0. The molecule has 2 heterocycles. The van der Waals surface area contributed by atoms with Gasteiger partial charge in [0.2, 0.25) is 0 Å². The number of aliphatic hydroxyl groups is 3. The second-order valence-electron chi connectivity index (χ2n) is 13.4. The zero-order valence-electron chi connectivity index (χ0n) is 19.9. The van der Waals surface area contributed by atoms with E-state index in [9.17, 15) is 15.3 Å². The normalized spacial score (nSPS) is 61.5. The number of hydrogen-bond acceptors (Lipinski definition) is 4. The topological polar surface area (TPSA) is 63.9 Å². The van der Waals surface area contributed by atoms with Gasteiger partial charge in [-0.05, 0) is 117 Å². The summed E-state index contributed by atoms with van der Waals surface area (Å²) in [4.78, 5) is 2.68. The van der Waals surface area contributed by atoms with Crippen LogP contribution in [0.15, 0.2) is 0 Å². The van der Waals surface area contributed by atoms with E-state index in [-0.39, 0.29) is 23.5 Å². The quantitative estimate of drug-likeness (QED) is 0.547. The van der Waals surface area contributed by atoms with Crippen LogP contribution in [0.1, 0.15) is 78.6 Å². The molecule has 4 saturated carbocycles. The van der Waals surface area contributed by atoms with Gasteiger partial charge < -0.3 is 15.3 Å². The fourth-order valence-corrected chi connectivity index (χ4v) is 10.6. The van der Waals surface area contributed by atoms with Crippen molar-refractivity contribution in [3.05, 3.63) is 0 Å². The highest BCUT2D eigenvalue weighted by atomic mass is 16.3. The largest absolute Gasteiger partial charge is 0.393 e. The van der Waals surface area contributed by atoms with Gasteiger partial charge in [0, 0.05) is 19.1 Å². The van der Waals surface area contributed by atoms with Crippen LogP contribution in [0.3, 0.4) is 0 Å². The molecule has 0 amide bonds. The van der Waals surface area contributed by atoms with Gasteiger partial charge in [0.1, 0.15) is 0 Å². The predicted molar refractivity (Wildman–Crippen MR) is 121 cm³/mol. The minimum absolute atomic E-state index is 0.188. The lowest BCUT2D eigenvalue weighted by molar-refractivity contribution is -0.176. The monoisotopic (exact) mass is 431 g/mol. The molecule has 2 aliphatic heterocycles. The highest BCUT2D eigenvalue weighted by Crippen LogP contribution is 2.67. The number of hydrogen-bond donors (Lipinski definition) is 3. The maximum Gasteiger partial charge on any atom is 0.0805 e. The van der Waals surface area contributed by atoms with Crippen LogP contribution in [0.2, 0.25) is 0 Å². The number of aliphatic hydroxyl groups excluding tert-OH is 2. The summed E-state index contributed by atoms with van der Waals surface area (Å²) in [7, 11) is 0. The maximum absolute atomic E-state index is 11.8. The Labute approximate surface area is 188 Å². The summed E-state index contributed by atoms with van der Waals surface area (Å²) in [5, 5.41) is 33.3. The summed E-state index contributed by atoms with van der Waals surface area (Å²) >= 11 is 0. The average molecular weight is 432 g/mol. The lowest BCUT2D eigenvalue weighted by atomic mass is 9.51. The molecule has 31 heavy (non-hydrogen) atoms. The molecule has 2 saturated heterocycles. The van der Waals surface area contributed by atoms with Crippen molar-refractivity contribution in [2.45, 2.75) is 102 Å². The van der Waals surface area contributed by atoms with Gasteiger partial charge in [0.15, 0.2) is 0 Å². The summed E-state index contributed by atoms with van der Waals surface area (Å²) in [5.74, 6) is 4.89. The van der Waals surface area contributed by atoms with Crippen molar-refractivity contribution in [1.82, 2.24) is 4.90 Å². The Hall–Kier alpha value is -0.160. The molecule has 176 valence electrons. The molecule has 6 rings (SSSR count). The summed E-state index contributed by atoms with van der Waals surface area (Å²) < 4.78 is 0. The van der Waals surface area contributed by atoms with E-state index in [1.165, 1.54) is 32.2 Å². The molecule has 4 aliphatic carbocycles. The summed E-state index contributed by atoms with van der Waals surface area (Å²) in [5.41, 5.74) is -0.365. The van der Waals surface area contributed by atoms with Crippen molar-refractivity contribution >= 4 is 0 Å². The van der Waals surface area contributed by atoms with Crippen molar-refractivity contribution in [3.63, 3.8) is 0 Å². The van der Waals surface area contributed by atoms with Crippen LogP contribution < -0.4 is 0 Å². The van der Waals surface area contributed by atoms with Crippen LogP contribution in [0.4, 0.5) is 0 Å². The van der Waals surface area contributed by atoms with Gasteiger partial charge in [-0.3, -0.25) is 4.90 Å². The molecule has 0 radical (unpaired) electrons. The Morgan fingerprint density at radius 3 is 2.35 bits per heavy atom. The molecule has 0 bridgehead atoms. The van der Waals surface area contributed by atoms with Crippen molar-refractivity contribution in [1.29, 1.82) is 0 Å². The zero-order chi connectivity index (χ0) is 21.7. The number of piperidine rings is 2. The first-order valence-electron chi connectivity index (χ1n) is 13.5.